The SMILES string of the molecule is CC.CC.CCCCNC1c2c(c3cc(OC)c(OC)cc3c3cc(OC)c(OC)cc23)CN2C(=O)CCC12. The van der Waals surface area contributed by atoms with E-state index in [4.69, 9.17) is 18.9 Å². The number of benzene rings is 3. The average Bonchev–Trinajstić information content (AvgIpc) is 3.37. The lowest BCUT2D eigenvalue weighted by molar-refractivity contribution is -0.130. The van der Waals surface area contributed by atoms with Crippen molar-refractivity contribution in [1.82, 2.24) is 10.2 Å². The van der Waals surface area contributed by atoms with Gasteiger partial charge in [0.1, 0.15) is 0 Å². The largest absolute Gasteiger partial charge is 0.493 e. The van der Waals surface area contributed by atoms with E-state index in [-0.39, 0.29) is 18.0 Å². The minimum Gasteiger partial charge on any atom is -0.493 e. The number of carbonyl (C=O) groups excluding carboxylic acids is 1. The van der Waals surface area contributed by atoms with E-state index in [0.717, 1.165) is 52.9 Å². The van der Waals surface area contributed by atoms with Crippen molar-refractivity contribution in [2.75, 3.05) is 35.0 Å². The Morgan fingerprint density at radius 1 is 0.795 bits per heavy atom. The van der Waals surface area contributed by atoms with Gasteiger partial charge in [-0.2, -0.15) is 0 Å². The van der Waals surface area contributed by atoms with Crippen molar-refractivity contribution in [3.05, 3.63) is 35.4 Å². The molecule has 5 rings (SSSR count). The van der Waals surface area contributed by atoms with Gasteiger partial charge in [-0.1, -0.05) is 41.0 Å². The maximum absolute atomic E-state index is 12.9. The Morgan fingerprint density at radius 2 is 1.28 bits per heavy atom. The number of unbranched alkanes of at least 4 members (excludes halogenated alkanes) is 1. The molecule has 0 radical (unpaired) electrons. The Morgan fingerprint density at radius 3 is 1.79 bits per heavy atom. The number of carbonyl (C=O) groups is 1. The third-order valence-electron chi connectivity index (χ3n) is 7.57. The molecule has 0 aliphatic carbocycles. The first kappa shape index (κ1) is 30.4. The monoisotopic (exact) mass is 538 g/mol. The van der Waals surface area contributed by atoms with Gasteiger partial charge >= 0.3 is 0 Å². The van der Waals surface area contributed by atoms with E-state index in [1.54, 1.807) is 28.4 Å². The first-order valence-electron chi connectivity index (χ1n) is 14.3. The fourth-order valence-electron chi connectivity index (χ4n) is 5.85. The molecule has 1 amide bonds. The van der Waals surface area contributed by atoms with Crippen LogP contribution in [0.25, 0.3) is 21.5 Å². The molecule has 2 aliphatic heterocycles. The zero-order valence-electron chi connectivity index (χ0n) is 25.2. The highest BCUT2D eigenvalue weighted by atomic mass is 16.5. The molecule has 1 fully saturated rings. The van der Waals surface area contributed by atoms with Gasteiger partial charge < -0.3 is 29.2 Å². The third kappa shape index (κ3) is 5.46. The van der Waals surface area contributed by atoms with Gasteiger partial charge in [-0.25, -0.2) is 0 Å². The van der Waals surface area contributed by atoms with E-state index in [1.165, 1.54) is 5.56 Å². The highest BCUT2D eigenvalue weighted by Crippen LogP contribution is 2.49. The molecule has 2 unspecified atom stereocenters. The zero-order valence-corrected chi connectivity index (χ0v) is 25.2. The Balaban J connectivity index is 0.00000100. The van der Waals surface area contributed by atoms with Crippen molar-refractivity contribution < 1.29 is 23.7 Å². The van der Waals surface area contributed by atoms with Crippen LogP contribution in [0.1, 0.15) is 77.5 Å². The summed E-state index contributed by atoms with van der Waals surface area (Å²) in [5, 5.41) is 8.11. The summed E-state index contributed by atoms with van der Waals surface area (Å²) < 4.78 is 22.7. The Hall–Kier alpha value is -3.19. The van der Waals surface area contributed by atoms with Crippen molar-refractivity contribution in [2.24, 2.45) is 0 Å². The first-order valence-corrected chi connectivity index (χ1v) is 14.3. The lowest BCUT2D eigenvalue weighted by atomic mass is 9.81. The minimum atomic E-state index is 0.0369. The van der Waals surface area contributed by atoms with Gasteiger partial charge in [0.25, 0.3) is 0 Å². The van der Waals surface area contributed by atoms with Crippen LogP contribution in [0.2, 0.25) is 0 Å². The number of methoxy groups -OCH3 is 4. The van der Waals surface area contributed by atoms with Crippen molar-refractivity contribution in [3.8, 4) is 23.0 Å². The molecule has 2 atom stereocenters. The van der Waals surface area contributed by atoms with Crippen LogP contribution in [-0.4, -0.2) is 51.8 Å². The molecule has 214 valence electrons. The van der Waals surface area contributed by atoms with Gasteiger partial charge in [-0.05, 0) is 76.3 Å². The van der Waals surface area contributed by atoms with Gasteiger partial charge in [-0.3, -0.25) is 4.79 Å². The Bertz CT molecular complexity index is 1290. The summed E-state index contributed by atoms with van der Waals surface area (Å²) in [6.07, 6.45) is 3.65. The van der Waals surface area contributed by atoms with Crippen molar-refractivity contribution in [3.63, 3.8) is 0 Å². The maximum Gasteiger partial charge on any atom is 0.223 e. The van der Waals surface area contributed by atoms with E-state index >= 15 is 0 Å². The molecule has 3 aromatic rings. The summed E-state index contributed by atoms with van der Waals surface area (Å²) in [6, 6.07) is 8.39. The van der Waals surface area contributed by atoms with Crippen molar-refractivity contribution >= 4 is 27.5 Å². The molecule has 39 heavy (non-hydrogen) atoms. The number of fused-ring (bicyclic) bond motifs is 7. The van der Waals surface area contributed by atoms with Crippen LogP contribution in [-0.2, 0) is 11.3 Å². The molecular weight excluding hydrogens is 492 g/mol. The predicted molar refractivity (Wildman–Crippen MR) is 160 cm³/mol. The maximum atomic E-state index is 12.9. The molecular formula is C32H46N2O5. The van der Waals surface area contributed by atoms with Gasteiger partial charge in [0.2, 0.25) is 5.91 Å². The first-order chi connectivity index (χ1) is 19.1. The predicted octanol–water partition coefficient (Wildman–Crippen LogP) is 7.02. The van der Waals surface area contributed by atoms with Crippen LogP contribution < -0.4 is 24.3 Å². The average molecular weight is 539 g/mol. The number of nitrogens with one attached hydrogen (secondary N) is 1. The molecule has 2 aliphatic rings. The lowest BCUT2D eigenvalue weighted by Gasteiger charge is -2.40. The number of amides is 1. The van der Waals surface area contributed by atoms with Crippen LogP contribution in [0.4, 0.5) is 0 Å². The van der Waals surface area contributed by atoms with Crippen LogP contribution in [0.15, 0.2) is 24.3 Å². The Kier molecular flexibility index (Phi) is 10.7. The second-order valence-corrected chi connectivity index (χ2v) is 9.31. The smallest absolute Gasteiger partial charge is 0.223 e. The van der Waals surface area contributed by atoms with Crippen LogP contribution >= 0.6 is 0 Å². The van der Waals surface area contributed by atoms with E-state index in [2.05, 4.69) is 29.3 Å². The number of hydrogen-bond donors (Lipinski definition) is 1. The normalized spacial score (nSPS) is 17.5. The molecule has 0 saturated carbocycles. The number of ether oxygens (including phenoxy) is 4. The quantitative estimate of drug-likeness (QED) is 0.246. The van der Waals surface area contributed by atoms with Crippen molar-refractivity contribution in [2.45, 2.75) is 78.9 Å². The number of rotatable bonds is 8. The fraction of sp³-hybridized carbons (Fsp3) is 0.531. The molecule has 2 heterocycles. The highest BCUT2D eigenvalue weighted by Gasteiger charge is 2.43. The summed E-state index contributed by atoms with van der Waals surface area (Å²) in [4.78, 5) is 15.0. The zero-order chi connectivity index (χ0) is 28.7. The summed E-state index contributed by atoms with van der Waals surface area (Å²) >= 11 is 0. The summed E-state index contributed by atoms with van der Waals surface area (Å²) in [7, 11) is 6.62. The molecule has 1 N–H and O–H groups in total. The topological polar surface area (TPSA) is 69.3 Å². The summed E-state index contributed by atoms with van der Waals surface area (Å²) in [5.74, 6) is 2.94. The molecule has 0 spiro atoms. The lowest BCUT2D eigenvalue weighted by Crippen LogP contribution is -2.46. The molecule has 0 aromatic heterocycles. The molecule has 1 saturated heterocycles. The van der Waals surface area contributed by atoms with Gasteiger partial charge in [-0.15, -0.1) is 0 Å². The van der Waals surface area contributed by atoms with Crippen molar-refractivity contribution in [1.29, 1.82) is 0 Å². The highest BCUT2D eigenvalue weighted by molar-refractivity contribution is 6.13. The standard InChI is InChI=1S/C28H34N2O5.2C2H6/c1-6-7-10-29-28-21-8-9-26(31)30(21)15-20-18-13-24(34-4)22(32-2)11-16(18)17-12-23(33-3)25(35-5)14-19(17)27(20)28;2*1-2/h11-14,21,28-29H,6-10,15H2,1-5H3;2*1-2H3. The number of nitrogens with zero attached hydrogens (tertiary/aromatic N) is 1. The van der Waals surface area contributed by atoms with Gasteiger partial charge in [0, 0.05) is 13.0 Å². The molecule has 7 heteroatoms. The summed E-state index contributed by atoms with van der Waals surface area (Å²) in [6.45, 7) is 11.7. The van der Waals surface area contributed by atoms with Crippen LogP contribution in [0, 0.1) is 0 Å². The second kappa shape index (κ2) is 13.7. The van der Waals surface area contributed by atoms with E-state index in [0.29, 0.717) is 36.0 Å². The minimum absolute atomic E-state index is 0.0369. The van der Waals surface area contributed by atoms with Crippen LogP contribution in [0.3, 0.4) is 0 Å². The molecule has 0 bridgehead atoms. The van der Waals surface area contributed by atoms with E-state index in [1.807, 2.05) is 39.8 Å². The van der Waals surface area contributed by atoms with Crippen LogP contribution in [0.5, 0.6) is 23.0 Å². The summed E-state index contributed by atoms with van der Waals surface area (Å²) in [5.41, 5.74) is 2.40. The molecule has 3 aromatic carbocycles. The number of hydrogen-bond acceptors (Lipinski definition) is 6. The molecule has 7 nitrogen and oxygen atoms in total. The Labute approximate surface area is 233 Å². The van der Waals surface area contributed by atoms with E-state index < -0.39 is 0 Å². The third-order valence-corrected chi connectivity index (χ3v) is 7.57. The second-order valence-electron chi connectivity index (χ2n) is 9.31. The van der Waals surface area contributed by atoms with E-state index in [9.17, 15) is 4.79 Å². The fourth-order valence-corrected chi connectivity index (χ4v) is 5.85. The van der Waals surface area contributed by atoms with Gasteiger partial charge in [0.15, 0.2) is 23.0 Å². The van der Waals surface area contributed by atoms with Gasteiger partial charge in [0.05, 0.1) is 40.5 Å².